The number of pyridine rings is 1. The van der Waals surface area contributed by atoms with E-state index >= 15 is 0 Å². The number of hydrogen-bond donors (Lipinski definition) is 0. The second-order valence-electron chi connectivity index (χ2n) is 5.85. The number of alkyl halides is 6. The van der Waals surface area contributed by atoms with E-state index in [0.29, 0.717) is 16.8 Å². The molecule has 1 aromatic heterocycles. The highest BCUT2D eigenvalue weighted by molar-refractivity contribution is 5.71. The van der Waals surface area contributed by atoms with Crippen LogP contribution in [-0.4, -0.2) is 17.7 Å². The number of hydrogen-bond acceptors (Lipinski definition) is 4. The molecule has 0 atom stereocenters. The molecule has 154 valence electrons. The van der Waals surface area contributed by atoms with Gasteiger partial charge < -0.3 is 9.47 Å². The van der Waals surface area contributed by atoms with Crippen molar-refractivity contribution in [2.24, 2.45) is 0 Å². The van der Waals surface area contributed by atoms with E-state index in [9.17, 15) is 31.6 Å². The topological polar surface area (TPSA) is 55.1 Å². The molecule has 0 radical (unpaired) electrons. The van der Waals surface area contributed by atoms with Crippen LogP contribution in [-0.2, 0) is 0 Å². The van der Waals surface area contributed by atoms with Crippen molar-refractivity contribution in [1.82, 2.24) is 4.98 Å². The van der Waals surface area contributed by atoms with Crippen molar-refractivity contribution in [2.45, 2.75) is 12.7 Å². The van der Waals surface area contributed by atoms with Gasteiger partial charge in [-0.25, -0.2) is 4.98 Å². The fourth-order valence-corrected chi connectivity index (χ4v) is 2.57. The van der Waals surface area contributed by atoms with Crippen LogP contribution in [0.4, 0.5) is 26.3 Å². The van der Waals surface area contributed by atoms with Crippen LogP contribution >= 0.6 is 0 Å². The quantitative estimate of drug-likeness (QED) is 0.476. The summed E-state index contributed by atoms with van der Waals surface area (Å²) in [6.07, 6.45) is -9.65. The summed E-state index contributed by atoms with van der Waals surface area (Å²) in [5.74, 6) is -0.832. The number of nitrogens with zero attached hydrogens (tertiary/aromatic N) is 2. The van der Waals surface area contributed by atoms with Crippen molar-refractivity contribution in [2.75, 3.05) is 0 Å². The monoisotopic (exact) mass is 424 g/mol. The zero-order valence-electron chi connectivity index (χ0n) is 14.8. The summed E-state index contributed by atoms with van der Waals surface area (Å²) in [6, 6.07) is 14.7. The van der Waals surface area contributed by atoms with E-state index in [1.165, 1.54) is 36.4 Å². The number of aromatic nitrogens is 1. The van der Waals surface area contributed by atoms with Crippen molar-refractivity contribution in [3.05, 3.63) is 66.2 Å². The maximum absolute atomic E-state index is 12.3. The molecule has 0 saturated carbocycles. The van der Waals surface area contributed by atoms with Crippen molar-refractivity contribution in [1.29, 1.82) is 5.26 Å². The summed E-state index contributed by atoms with van der Waals surface area (Å²) in [7, 11) is 0. The van der Waals surface area contributed by atoms with E-state index in [2.05, 4.69) is 14.5 Å². The van der Waals surface area contributed by atoms with Crippen LogP contribution < -0.4 is 9.47 Å². The zero-order valence-corrected chi connectivity index (χ0v) is 14.8. The van der Waals surface area contributed by atoms with Crippen LogP contribution in [0.25, 0.3) is 22.5 Å². The van der Waals surface area contributed by atoms with Crippen molar-refractivity contribution in [3.8, 4) is 40.1 Å². The summed E-state index contributed by atoms with van der Waals surface area (Å²) in [4.78, 5) is 4.34. The van der Waals surface area contributed by atoms with Crippen LogP contribution in [0.3, 0.4) is 0 Å². The first-order valence-electron chi connectivity index (χ1n) is 8.17. The second-order valence-corrected chi connectivity index (χ2v) is 5.85. The van der Waals surface area contributed by atoms with E-state index in [1.54, 1.807) is 0 Å². The predicted molar refractivity (Wildman–Crippen MR) is 93.2 cm³/mol. The fraction of sp³-hybridized carbons (Fsp3) is 0.100. The highest BCUT2D eigenvalue weighted by Crippen LogP contribution is 2.30. The molecule has 30 heavy (non-hydrogen) atoms. The predicted octanol–water partition coefficient (Wildman–Crippen LogP) is 6.08. The highest BCUT2D eigenvalue weighted by atomic mass is 19.4. The van der Waals surface area contributed by atoms with Gasteiger partial charge in [-0.15, -0.1) is 26.3 Å². The van der Waals surface area contributed by atoms with Crippen molar-refractivity contribution in [3.63, 3.8) is 0 Å². The number of rotatable bonds is 4. The van der Waals surface area contributed by atoms with Gasteiger partial charge in [-0.1, -0.05) is 0 Å². The minimum atomic E-state index is -4.83. The highest BCUT2D eigenvalue weighted by Gasteiger charge is 2.31. The van der Waals surface area contributed by atoms with Crippen LogP contribution in [0.2, 0.25) is 0 Å². The van der Waals surface area contributed by atoms with Gasteiger partial charge in [0.1, 0.15) is 17.6 Å². The molecule has 3 rings (SSSR count). The maximum Gasteiger partial charge on any atom is 0.573 e. The first-order valence-corrected chi connectivity index (χ1v) is 8.17. The molecular weight excluding hydrogens is 414 g/mol. The molecule has 4 nitrogen and oxygen atoms in total. The maximum atomic E-state index is 12.3. The third-order valence-electron chi connectivity index (χ3n) is 3.76. The molecule has 0 unspecified atom stereocenters. The van der Waals surface area contributed by atoms with E-state index in [-0.39, 0.29) is 11.3 Å². The summed E-state index contributed by atoms with van der Waals surface area (Å²) < 4.78 is 81.3. The van der Waals surface area contributed by atoms with Gasteiger partial charge in [0.25, 0.3) is 0 Å². The summed E-state index contributed by atoms with van der Waals surface area (Å²) in [5, 5.41) is 9.31. The lowest BCUT2D eigenvalue weighted by Gasteiger charge is -2.11. The average molecular weight is 424 g/mol. The van der Waals surface area contributed by atoms with E-state index < -0.39 is 24.2 Å². The molecule has 0 aliphatic carbocycles. The second kappa shape index (κ2) is 7.94. The smallest absolute Gasteiger partial charge is 0.406 e. The first-order chi connectivity index (χ1) is 14.0. The largest absolute Gasteiger partial charge is 0.573 e. The lowest BCUT2D eigenvalue weighted by Crippen LogP contribution is -2.16. The molecule has 0 amide bonds. The third kappa shape index (κ3) is 5.41. The molecular formula is C20H10F6N2O2. The summed E-state index contributed by atoms with van der Waals surface area (Å²) in [6.45, 7) is 0. The van der Waals surface area contributed by atoms with Crippen LogP contribution in [0.1, 0.15) is 5.56 Å². The fourth-order valence-electron chi connectivity index (χ4n) is 2.57. The lowest BCUT2D eigenvalue weighted by molar-refractivity contribution is -0.275. The minimum Gasteiger partial charge on any atom is -0.406 e. The van der Waals surface area contributed by atoms with Gasteiger partial charge in [0.2, 0.25) is 0 Å². The summed E-state index contributed by atoms with van der Waals surface area (Å²) >= 11 is 0. The average Bonchev–Trinajstić information content (AvgIpc) is 2.66. The van der Waals surface area contributed by atoms with Gasteiger partial charge in [0.05, 0.1) is 17.0 Å². The van der Waals surface area contributed by atoms with Gasteiger partial charge in [-0.05, 0) is 60.7 Å². The molecule has 2 aromatic carbocycles. The van der Waals surface area contributed by atoms with E-state index in [4.69, 9.17) is 0 Å². The zero-order chi connectivity index (χ0) is 21.9. The number of ether oxygens (including phenoxy) is 2. The van der Waals surface area contributed by atoms with E-state index in [0.717, 1.165) is 24.3 Å². The molecule has 0 saturated heterocycles. The Hall–Kier alpha value is -3.74. The SMILES string of the molecule is N#Cc1ccc(-c2ccc(OC(F)(F)F)cc2)nc1-c1ccc(OC(F)(F)F)cc1. The summed E-state index contributed by atoms with van der Waals surface area (Å²) in [5.41, 5.74) is 1.52. The van der Waals surface area contributed by atoms with Crippen molar-refractivity contribution < 1.29 is 35.8 Å². The van der Waals surface area contributed by atoms with E-state index in [1.807, 2.05) is 6.07 Å². The molecule has 0 spiro atoms. The number of halogens is 6. The molecule has 0 bridgehead atoms. The molecule has 0 aliphatic rings. The molecule has 0 aliphatic heterocycles. The van der Waals surface area contributed by atoms with Gasteiger partial charge in [0.15, 0.2) is 0 Å². The van der Waals surface area contributed by atoms with Crippen LogP contribution in [0.5, 0.6) is 11.5 Å². The molecule has 0 fully saturated rings. The third-order valence-corrected chi connectivity index (χ3v) is 3.76. The Kier molecular flexibility index (Phi) is 5.56. The standard InChI is InChI=1S/C20H10F6N2O2/c21-19(22,23)29-15-6-1-12(2-7-15)17-10-5-14(11-27)18(28-17)13-3-8-16(9-4-13)30-20(24,25)26/h1-10H. The van der Waals surface area contributed by atoms with Gasteiger partial charge in [0, 0.05) is 11.1 Å². The van der Waals surface area contributed by atoms with Crippen LogP contribution in [0, 0.1) is 11.3 Å². The molecule has 0 N–H and O–H groups in total. The Morgan fingerprint density at radius 1 is 0.667 bits per heavy atom. The Morgan fingerprint density at radius 3 is 1.57 bits per heavy atom. The Bertz CT molecular complexity index is 1070. The molecule has 1 heterocycles. The minimum absolute atomic E-state index is 0.167. The normalized spacial score (nSPS) is 11.6. The molecule has 10 heteroatoms. The lowest BCUT2D eigenvalue weighted by atomic mass is 10.0. The van der Waals surface area contributed by atoms with Crippen LogP contribution in [0.15, 0.2) is 60.7 Å². The Balaban J connectivity index is 1.92. The van der Waals surface area contributed by atoms with Gasteiger partial charge in [-0.2, -0.15) is 5.26 Å². The Labute approximate surface area is 165 Å². The van der Waals surface area contributed by atoms with Crippen molar-refractivity contribution >= 4 is 0 Å². The van der Waals surface area contributed by atoms with Gasteiger partial charge in [-0.3, -0.25) is 0 Å². The number of benzene rings is 2. The number of nitriles is 1. The molecule has 3 aromatic rings. The van der Waals surface area contributed by atoms with Gasteiger partial charge >= 0.3 is 12.7 Å². The first kappa shape index (κ1) is 21.0. The Morgan fingerprint density at radius 2 is 1.13 bits per heavy atom.